The van der Waals surface area contributed by atoms with E-state index in [-0.39, 0.29) is 30.9 Å². The molecule has 0 aliphatic carbocycles. The monoisotopic (exact) mass is 750 g/mol. The Hall–Kier alpha value is -4.11. The van der Waals surface area contributed by atoms with Crippen LogP contribution in [0.3, 0.4) is 0 Å². The number of benzene rings is 4. The molecular weight excluding hydrogens is 715 g/mol. The van der Waals surface area contributed by atoms with Gasteiger partial charge in [0, 0.05) is 54.3 Å². The summed E-state index contributed by atoms with van der Waals surface area (Å²) in [4.78, 5) is 9.23. The van der Waals surface area contributed by atoms with E-state index in [0.29, 0.717) is 0 Å². The van der Waals surface area contributed by atoms with Gasteiger partial charge < -0.3 is 14.4 Å². The van der Waals surface area contributed by atoms with Crippen molar-refractivity contribution in [2.75, 3.05) is 0 Å². The predicted molar refractivity (Wildman–Crippen MR) is 181 cm³/mol. The van der Waals surface area contributed by atoms with Gasteiger partial charge in [0.15, 0.2) is 0 Å². The number of hydrogen-bond donors (Lipinski definition) is 0. The van der Waals surface area contributed by atoms with Crippen molar-refractivity contribution in [3.05, 3.63) is 127 Å². The van der Waals surface area contributed by atoms with Gasteiger partial charge in [-0.2, -0.15) is 0 Å². The zero-order valence-corrected chi connectivity index (χ0v) is 28.4. The Kier molecular flexibility index (Phi) is 7.56. The average Bonchev–Trinajstić information content (AvgIpc) is 3.35. The summed E-state index contributed by atoms with van der Waals surface area (Å²) >= 11 is 0. The van der Waals surface area contributed by atoms with Gasteiger partial charge >= 0.3 is 0 Å². The van der Waals surface area contributed by atoms with Gasteiger partial charge in [0.2, 0.25) is 0 Å². The van der Waals surface area contributed by atoms with Crippen LogP contribution in [0.15, 0.2) is 103 Å². The van der Waals surface area contributed by atoms with Crippen molar-refractivity contribution in [3.63, 3.8) is 0 Å². The van der Waals surface area contributed by atoms with Crippen LogP contribution in [0.1, 0.15) is 52.7 Å². The van der Waals surface area contributed by atoms with Gasteiger partial charge in [0.1, 0.15) is 0 Å². The van der Waals surface area contributed by atoms with Crippen molar-refractivity contribution in [2.45, 2.75) is 52.4 Å². The maximum Gasteiger partial charge on any atom is 0.0459 e. The first-order valence-electron chi connectivity index (χ1n) is 14.9. The van der Waals surface area contributed by atoms with Crippen molar-refractivity contribution >= 4 is 49.0 Å². The van der Waals surface area contributed by atoms with E-state index in [2.05, 4.69) is 124 Å². The summed E-state index contributed by atoms with van der Waals surface area (Å²) in [6, 6.07) is 38.5. The summed E-state index contributed by atoms with van der Waals surface area (Å²) < 4.78 is 2.40. The number of hydrogen-bond acceptors (Lipinski definition) is 2. The predicted octanol–water partition coefficient (Wildman–Crippen LogP) is 10.3. The summed E-state index contributed by atoms with van der Waals surface area (Å²) in [6.07, 6.45) is 3.86. The molecular formula is C40H35IrN3-2. The summed E-state index contributed by atoms with van der Waals surface area (Å²) in [5.41, 5.74) is 9.65. The summed E-state index contributed by atoms with van der Waals surface area (Å²) in [6.45, 7) is 13.4. The molecule has 0 bridgehead atoms. The van der Waals surface area contributed by atoms with Gasteiger partial charge in [-0.05, 0) is 67.7 Å². The van der Waals surface area contributed by atoms with E-state index in [9.17, 15) is 0 Å². The van der Waals surface area contributed by atoms with Crippen LogP contribution in [0.2, 0.25) is 0 Å². The van der Waals surface area contributed by atoms with E-state index in [1.54, 1.807) is 0 Å². The fraction of sp³-hybridized carbons (Fsp3) is 0.200. The largest absolute Gasteiger partial charge is 0.351 e. The first-order valence-corrected chi connectivity index (χ1v) is 14.9. The first kappa shape index (κ1) is 29.9. The van der Waals surface area contributed by atoms with Crippen molar-refractivity contribution in [2.24, 2.45) is 0 Å². The molecule has 0 aliphatic rings. The van der Waals surface area contributed by atoms with Gasteiger partial charge in [-0.1, -0.05) is 71.9 Å². The molecule has 4 aromatic heterocycles. The fourth-order valence-electron chi connectivity index (χ4n) is 6.03. The second-order valence-electron chi connectivity index (χ2n) is 13.4. The van der Waals surface area contributed by atoms with Gasteiger partial charge in [-0.3, -0.25) is 0 Å². The second kappa shape index (κ2) is 11.1. The minimum atomic E-state index is 0. The van der Waals surface area contributed by atoms with Crippen molar-refractivity contribution in [1.82, 2.24) is 14.4 Å². The minimum absolute atomic E-state index is 0. The number of aromatic nitrogens is 3. The molecule has 0 atom stereocenters. The molecule has 4 heterocycles. The van der Waals surface area contributed by atoms with Crippen molar-refractivity contribution in [1.29, 1.82) is 0 Å². The molecule has 0 N–H and O–H groups in total. The Bertz CT molecular complexity index is 2220. The normalized spacial score (nSPS) is 12.1. The van der Waals surface area contributed by atoms with E-state index in [0.717, 1.165) is 22.2 Å². The molecule has 0 spiro atoms. The number of pyridine rings is 3. The molecule has 8 aromatic rings. The van der Waals surface area contributed by atoms with Gasteiger partial charge in [0.05, 0.1) is 0 Å². The number of nitrogens with zero attached hydrogens (tertiary/aromatic N) is 3. The Morgan fingerprint density at radius 2 is 1.43 bits per heavy atom. The van der Waals surface area contributed by atoms with Crippen molar-refractivity contribution < 1.29 is 20.1 Å². The minimum Gasteiger partial charge on any atom is -0.351 e. The van der Waals surface area contributed by atoms with E-state index in [1.165, 1.54) is 49.2 Å². The number of rotatable bonds is 1. The van der Waals surface area contributed by atoms with Gasteiger partial charge in [0.25, 0.3) is 0 Å². The molecule has 0 saturated carbocycles. The maximum absolute atomic E-state index is 4.74. The zero-order chi connectivity index (χ0) is 29.9. The molecule has 0 saturated heterocycles. The summed E-state index contributed by atoms with van der Waals surface area (Å²) in [5, 5.41) is 6.16. The van der Waals surface area contributed by atoms with E-state index in [1.807, 2.05) is 42.7 Å². The average molecular weight is 750 g/mol. The van der Waals surface area contributed by atoms with Crippen molar-refractivity contribution in [3.8, 4) is 11.3 Å². The third-order valence-electron chi connectivity index (χ3n) is 8.45. The zero-order valence-electron chi connectivity index (χ0n) is 26.0. The smallest absolute Gasteiger partial charge is 0.0459 e. The van der Waals surface area contributed by atoms with E-state index >= 15 is 0 Å². The van der Waals surface area contributed by atoms with Crippen LogP contribution < -0.4 is 0 Å². The third-order valence-corrected chi connectivity index (χ3v) is 8.45. The van der Waals surface area contributed by atoms with Crippen LogP contribution in [-0.2, 0) is 30.9 Å². The van der Waals surface area contributed by atoms with Crippen LogP contribution in [0.4, 0.5) is 0 Å². The Labute approximate surface area is 272 Å². The van der Waals surface area contributed by atoms with Crippen LogP contribution in [0, 0.1) is 12.1 Å². The second-order valence-corrected chi connectivity index (χ2v) is 13.4. The molecule has 0 amide bonds. The topological polar surface area (TPSA) is 30.2 Å². The molecule has 4 heteroatoms. The summed E-state index contributed by atoms with van der Waals surface area (Å²) in [5.74, 6) is 0. The van der Waals surface area contributed by atoms with Crippen LogP contribution in [0.5, 0.6) is 0 Å². The molecule has 0 aliphatic heterocycles. The van der Waals surface area contributed by atoms with Crippen LogP contribution in [-0.4, -0.2) is 14.4 Å². The summed E-state index contributed by atoms with van der Waals surface area (Å²) in [7, 11) is 0. The van der Waals surface area contributed by atoms with E-state index < -0.39 is 0 Å². The van der Waals surface area contributed by atoms with Crippen LogP contribution in [0.25, 0.3) is 60.3 Å². The Morgan fingerprint density at radius 3 is 2.14 bits per heavy atom. The molecule has 0 fully saturated rings. The van der Waals surface area contributed by atoms with Gasteiger partial charge in [-0.25, -0.2) is 0 Å². The van der Waals surface area contributed by atoms with Crippen LogP contribution >= 0.6 is 0 Å². The molecule has 4 aromatic carbocycles. The Morgan fingerprint density at radius 1 is 0.659 bits per heavy atom. The quantitative estimate of drug-likeness (QED) is 0.0951. The molecule has 8 rings (SSSR count). The SMILES string of the molecule is CC(C)(C)c1ccc(-c2[c-]cccc2)nc1.CC(C)(C)c1ccc2c(c1)c1ccc3ccnc4c5[c-]cccc5n2c1c34.[Ir]. The molecule has 44 heavy (non-hydrogen) atoms. The number of fused-ring (bicyclic) bond motifs is 6. The first-order chi connectivity index (χ1) is 20.6. The fourth-order valence-corrected chi connectivity index (χ4v) is 6.03. The maximum atomic E-state index is 4.74. The Balaban J connectivity index is 0.000000174. The van der Waals surface area contributed by atoms with Gasteiger partial charge in [-0.15, -0.1) is 65.5 Å². The molecule has 0 unspecified atom stereocenters. The molecule has 3 nitrogen and oxygen atoms in total. The molecule has 1 radical (unpaired) electrons. The van der Waals surface area contributed by atoms with E-state index in [4.69, 9.17) is 4.98 Å². The third kappa shape index (κ3) is 5.07. The standard InChI is InChI=1S/C25H19N2.C15H16N.Ir/c1-25(2,3)16-9-11-21-19(14-16)17-10-8-15-12-13-26-23-18-6-4-5-7-20(18)27(21)24(17)22(15)23;1-15(2,3)13-9-10-14(16-11-13)12-7-5-4-6-8-12;/h4-5,7-14H,1-3H3;4-7,9-11H,1-3H3;/q2*-1;. The molecule has 221 valence electrons.